The van der Waals surface area contributed by atoms with Crippen molar-refractivity contribution in [3.8, 4) is 0 Å². The molecule has 2 N–H and O–H groups in total. The molecule has 1 rings (SSSR count). The third-order valence-corrected chi connectivity index (χ3v) is 2.00. The Morgan fingerprint density at radius 3 is 2.36 bits per heavy atom. The van der Waals surface area contributed by atoms with Gasteiger partial charge in [0.1, 0.15) is 0 Å². The van der Waals surface area contributed by atoms with E-state index in [4.69, 9.17) is 0 Å². The van der Waals surface area contributed by atoms with Crippen molar-refractivity contribution < 1.29 is 15.0 Å². The predicted octanol–water partition coefficient (Wildman–Crippen LogP) is 1.35. The van der Waals surface area contributed by atoms with Gasteiger partial charge in [0.05, 0.1) is 0 Å². The van der Waals surface area contributed by atoms with Crippen molar-refractivity contribution in [1.82, 2.24) is 0 Å². The molecule has 0 radical (unpaired) electrons. The van der Waals surface area contributed by atoms with Gasteiger partial charge in [-0.2, -0.15) is 0 Å². The van der Waals surface area contributed by atoms with Crippen molar-refractivity contribution in [2.45, 2.75) is 25.6 Å². The molecule has 0 heterocycles. The van der Waals surface area contributed by atoms with Crippen molar-refractivity contribution in [3.63, 3.8) is 0 Å². The van der Waals surface area contributed by atoms with Crippen LogP contribution in [0.2, 0.25) is 0 Å². The zero-order valence-electron chi connectivity index (χ0n) is 8.10. The quantitative estimate of drug-likeness (QED) is 0.562. The number of rotatable bonds is 4. The van der Waals surface area contributed by atoms with Crippen molar-refractivity contribution >= 4 is 5.78 Å². The zero-order valence-corrected chi connectivity index (χ0v) is 8.10. The number of aliphatic hydroxyl groups is 2. The Morgan fingerprint density at radius 2 is 1.86 bits per heavy atom. The summed E-state index contributed by atoms with van der Waals surface area (Å²) in [6, 6.07) is 8.29. The van der Waals surface area contributed by atoms with Gasteiger partial charge >= 0.3 is 0 Å². The minimum atomic E-state index is -2.23. The Morgan fingerprint density at radius 1 is 1.29 bits per heavy atom. The summed E-state index contributed by atoms with van der Waals surface area (Å²) in [4.78, 5) is 11.6. The summed E-state index contributed by atoms with van der Waals surface area (Å²) in [5.41, 5.74) is 0.325. The van der Waals surface area contributed by atoms with E-state index in [9.17, 15) is 15.0 Å². The summed E-state index contributed by atoms with van der Waals surface area (Å²) >= 11 is 0. The van der Waals surface area contributed by atoms with Crippen LogP contribution < -0.4 is 0 Å². The van der Waals surface area contributed by atoms with E-state index in [0.29, 0.717) is 12.0 Å². The fourth-order valence-electron chi connectivity index (χ4n) is 1.28. The van der Waals surface area contributed by atoms with E-state index in [1.807, 2.05) is 0 Å². The largest absolute Gasteiger partial charge is 0.359 e. The minimum Gasteiger partial charge on any atom is -0.359 e. The van der Waals surface area contributed by atoms with Gasteiger partial charge in [-0.15, -0.1) is 0 Å². The average molecular weight is 194 g/mol. The van der Waals surface area contributed by atoms with Gasteiger partial charge in [-0.3, -0.25) is 4.79 Å². The number of ketones is 1. The van der Waals surface area contributed by atoms with E-state index < -0.39 is 11.6 Å². The van der Waals surface area contributed by atoms with Crippen LogP contribution in [0.15, 0.2) is 30.3 Å². The fraction of sp³-hybridized carbons (Fsp3) is 0.364. The van der Waals surface area contributed by atoms with Gasteiger partial charge in [-0.25, -0.2) is 0 Å². The van der Waals surface area contributed by atoms with Gasteiger partial charge in [0.25, 0.3) is 0 Å². The molecule has 0 fully saturated rings. The maximum atomic E-state index is 11.6. The second-order valence-electron chi connectivity index (χ2n) is 3.26. The molecule has 1 aromatic rings. The van der Waals surface area contributed by atoms with E-state index in [0.717, 1.165) is 0 Å². The maximum absolute atomic E-state index is 11.6. The van der Waals surface area contributed by atoms with E-state index in [-0.39, 0.29) is 6.42 Å². The van der Waals surface area contributed by atoms with Gasteiger partial charge in [0.15, 0.2) is 0 Å². The second kappa shape index (κ2) is 4.35. The minimum absolute atomic E-state index is 0.0563. The molecular formula is C11H14O3. The van der Waals surface area contributed by atoms with Gasteiger partial charge in [-0.05, 0) is 0 Å². The molecule has 76 valence electrons. The molecule has 14 heavy (non-hydrogen) atoms. The summed E-state index contributed by atoms with van der Waals surface area (Å²) in [6.45, 7) is 1.79. The number of Topliss-reactive ketones (excluding diaryl/α,β-unsaturated/α-hetero) is 1. The molecule has 0 unspecified atom stereocenters. The van der Waals surface area contributed by atoms with E-state index in [1.54, 1.807) is 37.3 Å². The van der Waals surface area contributed by atoms with E-state index in [1.165, 1.54) is 0 Å². The third kappa shape index (κ3) is 2.40. The maximum Gasteiger partial charge on any atom is 0.228 e. The van der Waals surface area contributed by atoms with E-state index in [2.05, 4.69) is 0 Å². The zero-order chi connectivity index (χ0) is 10.6. The Kier molecular flexibility index (Phi) is 3.38. The van der Waals surface area contributed by atoms with Gasteiger partial charge in [0.2, 0.25) is 11.6 Å². The first kappa shape index (κ1) is 10.9. The van der Waals surface area contributed by atoms with Crippen molar-refractivity contribution in [2.24, 2.45) is 0 Å². The summed E-state index contributed by atoms with van der Waals surface area (Å²) in [5.74, 6) is -2.87. The predicted molar refractivity (Wildman–Crippen MR) is 52.8 cm³/mol. The van der Waals surface area contributed by atoms with Gasteiger partial charge in [0, 0.05) is 12.0 Å². The molecule has 0 saturated carbocycles. The van der Waals surface area contributed by atoms with Crippen LogP contribution in [0.25, 0.3) is 0 Å². The summed E-state index contributed by atoms with van der Waals surface area (Å²) in [6.07, 6.45) is 0.603. The Balaban J connectivity index is 2.85. The molecule has 0 aliphatic heterocycles. The van der Waals surface area contributed by atoms with Crippen LogP contribution in [0, 0.1) is 0 Å². The molecule has 0 bridgehead atoms. The third-order valence-electron chi connectivity index (χ3n) is 2.00. The van der Waals surface area contributed by atoms with Crippen LogP contribution in [-0.2, 0) is 0 Å². The standard InChI is InChI=1S/C11H14O3/c1-2-8-11(13,14)10(12)9-6-4-3-5-7-9/h3-7,13-14H,2,8H2,1H3. The van der Waals surface area contributed by atoms with Crippen molar-refractivity contribution in [3.05, 3.63) is 35.9 Å². The SMILES string of the molecule is CCCC(O)(O)C(=O)c1ccccc1. The first-order chi connectivity index (χ1) is 6.58. The normalized spacial score (nSPS) is 11.4. The second-order valence-corrected chi connectivity index (χ2v) is 3.26. The smallest absolute Gasteiger partial charge is 0.228 e. The van der Waals surface area contributed by atoms with Gasteiger partial charge in [-0.1, -0.05) is 43.7 Å². The lowest BCUT2D eigenvalue weighted by Crippen LogP contribution is -2.38. The first-order valence-corrected chi connectivity index (χ1v) is 4.62. The highest BCUT2D eigenvalue weighted by molar-refractivity contribution is 6.00. The lowest BCUT2D eigenvalue weighted by molar-refractivity contribution is -0.126. The monoisotopic (exact) mass is 194 g/mol. The molecule has 3 nitrogen and oxygen atoms in total. The lowest BCUT2D eigenvalue weighted by Gasteiger charge is -2.19. The van der Waals surface area contributed by atoms with Crippen LogP contribution in [0.1, 0.15) is 30.1 Å². The fourth-order valence-corrected chi connectivity index (χ4v) is 1.28. The highest BCUT2D eigenvalue weighted by Gasteiger charge is 2.32. The molecule has 3 heteroatoms. The average Bonchev–Trinajstić information content (AvgIpc) is 2.18. The number of hydrogen-bond donors (Lipinski definition) is 2. The number of carbonyl (C=O) groups is 1. The lowest BCUT2D eigenvalue weighted by atomic mass is 10.00. The molecule has 0 spiro atoms. The molecule has 0 aliphatic rings. The summed E-state index contributed by atoms with van der Waals surface area (Å²) < 4.78 is 0. The summed E-state index contributed by atoms with van der Waals surface area (Å²) in [5, 5.41) is 18.9. The van der Waals surface area contributed by atoms with Crippen LogP contribution >= 0.6 is 0 Å². The molecule has 0 atom stereocenters. The highest BCUT2D eigenvalue weighted by atomic mass is 16.5. The molecule has 0 aliphatic carbocycles. The van der Waals surface area contributed by atoms with Crippen molar-refractivity contribution in [2.75, 3.05) is 0 Å². The van der Waals surface area contributed by atoms with Gasteiger partial charge < -0.3 is 10.2 Å². The van der Waals surface area contributed by atoms with Crippen LogP contribution in [0.4, 0.5) is 0 Å². The molecule has 0 amide bonds. The number of hydrogen-bond acceptors (Lipinski definition) is 3. The van der Waals surface area contributed by atoms with Crippen LogP contribution in [-0.4, -0.2) is 21.8 Å². The van der Waals surface area contributed by atoms with Crippen molar-refractivity contribution in [1.29, 1.82) is 0 Å². The number of carbonyl (C=O) groups excluding carboxylic acids is 1. The van der Waals surface area contributed by atoms with Crippen LogP contribution in [0.5, 0.6) is 0 Å². The topological polar surface area (TPSA) is 57.5 Å². The Bertz CT molecular complexity index is 304. The van der Waals surface area contributed by atoms with Crippen LogP contribution in [0.3, 0.4) is 0 Å². The summed E-state index contributed by atoms with van der Waals surface area (Å²) in [7, 11) is 0. The molecule has 0 saturated heterocycles. The molecule has 0 aromatic heterocycles. The Hall–Kier alpha value is -1.19. The number of benzene rings is 1. The molecule has 1 aromatic carbocycles. The Labute approximate surface area is 83.0 Å². The first-order valence-electron chi connectivity index (χ1n) is 4.62. The van der Waals surface area contributed by atoms with E-state index >= 15 is 0 Å². The highest BCUT2D eigenvalue weighted by Crippen LogP contribution is 2.15. The molecular weight excluding hydrogens is 180 g/mol.